The van der Waals surface area contributed by atoms with E-state index in [-0.39, 0.29) is 17.4 Å². The summed E-state index contributed by atoms with van der Waals surface area (Å²) in [6, 6.07) is 8.82. The van der Waals surface area contributed by atoms with Crippen molar-refractivity contribution in [1.29, 1.82) is 0 Å². The molecule has 1 unspecified atom stereocenters. The second-order valence-electron chi connectivity index (χ2n) is 6.20. The summed E-state index contributed by atoms with van der Waals surface area (Å²) >= 11 is 0. The predicted octanol–water partition coefficient (Wildman–Crippen LogP) is 2.57. The number of nitrogens with one attached hydrogen (secondary N) is 2. The van der Waals surface area contributed by atoms with Crippen LogP contribution in [0.5, 0.6) is 0 Å². The molecule has 2 N–H and O–H groups in total. The number of fused-ring (bicyclic) bond motifs is 1. The van der Waals surface area contributed by atoms with E-state index in [9.17, 15) is 4.79 Å². The Labute approximate surface area is 121 Å². The fourth-order valence-electron chi connectivity index (χ4n) is 3.38. The van der Waals surface area contributed by atoms with Gasteiger partial charge in [-0.2, -0.15) is 0 Å². The SMILES string of the molecule is CCCC1(C(=O)NCC2NCCc3ccccc32)CC1. The van der Waals surface area contributed by atoms with Gasteiger partial charge in [-0.15, -0.1) is 0 Å². The van der Waals surface area contributed by atoms with Crippen molar-refractivity contribution in [3.8, 4) is 0 Å². The first-order valence-corrected chi connectivity index (χ1v) is 7.85. The largest absolute Gasteiger partial charge is 0.354 e. The number of carbonyl (C=O) groups excluding carboxylic acids is 1. The third-order valence-electron chi connectivity index (χ3n) is 4.75. The van der Waals surface area contributed by atoms with Crippen molar-refractivity contribution >= 4 is 5.91 Å². The Morgan fingerprint density at radius 2 is 2.20 bits per heavy atom. The molecule has 1 amide bonds. The highest BCUT2D eigenvalue weighted by Gasteiger charge is 2.48. The Balaban J connectivity index is 1.61. The summed E-state index contributed by atoms with van der Waals surface area (Å²) in [5, 5.41) is 6.70. The third-order valence-corrected chi connectivity index (χ3v) is 4.75. The average Bonchev–Trinajstić information content (AvgIpc) is 3.26. The molecule has 1 fully saturated rings. The van der Waals surface area contributed by atoms with Crippen molar-refractivity contribution < 1.29 is 4.79 Å². The minimum atomic E-state index is -0.0249. The van der Waals surface area contributed by atoms with Crippen molar-refractivity contribution in [2.75, 3.05) is 13.1 Å². The molecule has 20 heavy (non-hydrogen) atoms. The normalized spacial score (nSPS) is 22.9. The number of amides is 1. The number of hydrogen-bond acceptors (Lipinski definition) is 2. The Kier molecular flexibility index (Phi) is 3.79. The van der Waals surface area contributed by atoms with Crippen molar-refractivity contribution in [2.45, 2.75) is 45.1 Å². The van der Waals surface area contributed by atoms with Crippen LogP contribution >= 0.6 is 0 Å². The van der Waals surface area contributed by atoms with E-state index in [0.717, 1.165) is 38.6 Å². The van der Waals surface area contributed by atoms with Crippen molar-refractivity contribution in [2.24, 2.45) is 5.41 Å². The molecule has 0 bridgehead atoms. The first kappa shape index (κ1) is 13.6. The molecule has 0 spiro atoms. The number of benzene rings is 1. The molecule has 1 heterocycles. The van der Waals surface area contributed by atoms with Crippen molar-refractivity contribution in [3.63, 3.8) is 0 Å². The van der Waals surface area contributed by atoms with Crippen molar-refractivity contribution in [3.05, 3.63) is 35.4 Å². The minimum Gasteiger partial charge on any atom is -0.354 e. The van der Waals surface area contributed by atoms with Crippen molar-refractivity contribution in [1.82, 2.24) is 10.6 Å². The topological polar surface area (TPSA) is 41.1 Å². The van der Waals surface area contributed by atoms with Gasteiger partial charge >= 0.3 is 0 Å². The third kappa shape index (κ3) is 2.59. The van der Waals surface area contributed by atoms with E-state index in [1.54, 1.807) is 0 Å². The summed E-state index contributed by atoms with van der Waals surface area (Å²) in [6.45, 7) is 3.87. The molecule has 1 aromatic rings. The summed E-state index contributed by atoms with van der Waals surface area (Å²) in [7, 11) is 0. The Morgan fingerprint density at radius 3 is 2.95 bits per heavy atom. The zero-order valence-electron chi connectivity index (χ0n) is 12.2. The maximum atomic E-state index is 12.3. The molecule has 0 saturated heterocycles. The molecule has 3 nitrogen and oxygen atoms in total. The average molecular weight is 272 g/mol. The van der Waals surface area contributed by atoms with Crippen LogP contribution in [0.1, 0.15) is 49.8 Å². The van der Waals surface area contributed by atoms with Crippen LogP contribution in [0.25, 0.3) is 0 Å². The van der Waals surface area contributed by atoms with Gasteiger partial charge in [0.25, 0.3) is 0 Å². The molecule has 1 aliphatic heterocycles. The molecular formula is C17H24N2O. The van der Waals surface area contributed by atoms with E-state index in [0.29, 0.717) is 6.54 Å². The maximum Gasteiger partial charge on any atom is 0.226 e. The number of carbonyl (C=O) groups is 1. The number of hydrogen-bond donors (Lipinski definition) is 2. The molecule has 1 atom stereocenters. The molecule has 0 radical (unpaired) electrons. The van der Waals surface area contributed by atoms with Crippen LogP contribution in [0.2, 0.25) is 0 Å². The number of rotatable bonds is 5. The van der Waals surface area contributed by atoms with Gasteiger partial charge < -0.3 is 10.6 Å². The van der Waals surface area contributed by atoms with Crippen LogP contribution in [0, 0.1) is 5.41 Å². The first-order chi connectivity index (χ1) is 9.75. The zero-order valence-corrected chi connectivity index (χ0v) is 12.2. The summed E-state index contributed by atoms with van der Waals surface area (Å²) in [6.07, 6.45) is 5.36. The lowest BCUT2D eigenvalue weighted by atomic mass is 9.94. The molecule has 2 aliphatic rings. The van der Waals surface area contributed by atoms with Crippen LogP contribution in [-0.2, 0) is 11.2 Å². The maximum absolute atomic E-state index is 12.3. The first-order valence-electron chi connectivity index (χ1n) is 7.85. The molecule has 3 rings (SSSR count). The van der Waals surface area contributed by atoms with Gasteiger partial charge in [0, 0.05) is 18.0 Å². The van der Waals surface area contributed by atoms with Gasteiger partial charge in [-0.1, -0.05) is 37.6 Å². The lowest BCUT2D eigenvalue weighted by molar-refractivity contribution is -0.126. The molecule has 1 aromatic carbocycles. The van der Waals surface area contributed by atoms with Crippen LogP contribution < -0.4 is 10.6 Å². The fourth-order valence-corrected chi connectivity index (χ4v) is 3.38. The van der Waals surface area contributed by atoms with Gasteiger partial charge in [-0.3, -0.25) is 4.79 Å². The lowest BCUT2D eigenvalue weighted by Gasteiger charge is -2.27. The zero-order chi connectivity index (χ0) is 14.0. The van der Waals surface area contributed by atoms with E-state index < -0.39 is 0 Å². The van der Waals surface area contributed by atoms with E-state index in [4.69, 9.17) is 0 Å². The van der Waals surface area contributed by atoms with Gasteiger partial charge in [0.2, 0.25) is 5.91 Å². The smallest absolute Gasteiger partial charge is 0.226 e. The Hall–Kier alpha value is -1.35. The van der Waals surface area contributed by atoms with E-state index in [2.05, 4.69) is 41.8 Å². The summed E-state index contributed by atoms with van der Waals surface area (Å²) in [5.74, 6) is 0.268. The Morgan fingerprint density at radius 1 is 1.40 bits per heavy atom. The molecule has 3 heteroatoms. The van der Waals surface area contributed by atoms with Gasteiger partial charge in [-0.25, -0.2) is 0 Å². The lowest BCUT2D eigenvalue weighted by Crippen LogP contribution is -2.41. The van der Waals surface area contributed by atoms with E-state index in [1.165, 1.54) is 11.1 Å². The van der Waals surface area contributed by atoms with Crippen LogP contribution in [-0.4, -0.2) is 19.0 Å². The monoisotopic (exact) mass is 272 g/mol. The second kappa shape index (κ2) is 5.57. The van der Waals surface area contributed by atoms with Crippen LogP contribution in [0.4, 0.5) is 0 Å². The standard InChI is InChI=1S/C17H24N2O/c1-2-8-17(9-10-17)16(20)19-12-15-14-6-4-3-5-13(14)7-11-18-15/h3-6,15,18H,2,7-12H2,1H3,(H,19,20). The molecular weight excluding hydrogens is 248 g/mol. The summed E-state index contributed by atoms with van der Waals surface area (Å²) < 4.78 is 0. The summed E-state index contributed by atoms with van der Waals surface area (Å²) in [5.41, 5.74) is 2.74. The quantitative estimate of drug-likeness (QED) is 0.865. The Bertz CT molecular complexity index is 494. The molecule has 108 valence electrons. The molecule has 1 saturated carbocycles. The van der Waals surface area contributed by atoms with Gasteiger partial charge in [0.1, 0.15) is 0 Å². The highest BCUT2D eigenvalue weighted by molar-refractivity contribution is 5.85. The predicted molar refractivity (Wildman–Crippen MR) is 80.5 cm³/mol. The highest BCUT2D eigenvalue weighted by Crippen LogP contribution is 2.49. The summed E-state index contributed by atoms with van der Waals surface area (Å²) in [4.78, 5) is 12.3. The minimum absolute atomic E-state index is 0.0249. The molecule has 1 aliphatic carbocycles. The highest BCUT2D eigenvalue weighted by atomic mass is 16.2. The van der Waals surface area contributed by atoms with Gasteiger partial charge in [0.15, 0.2) is 0 Å². The fraction of sp³-hybridized carbons (Fsp3) is 0.588. The molecule has 0 aromatic heterocycles. The van der Waals surface area contributed by atoms with E-state index >= 15 is 0 Å². The van der Waals surface area contributed by atoms with Crippen LogP contribution in [0.15, 0.2) is 24.3 Å². The second-order valence-corrected chi connectivity index (χ2v) is 6.20. The van der Waals surface area contributed by atoms with E-state index in [1.807, 2.05) is 0 Å². The van der Waals surface area contributed by atoms with Gasteiger partial charge in [0.05, 0.1) is 0 Å². The van der Waals surface area contributed by atoms with Gasteiger partial charge in [-0.05, 0) is 43.4 Å². The van der Waals surface area contributed by atoms with Crippen LogP contribution in [0.3, 0.4) is 0 Å².